The summed E-state index contributed by atoms with van der Waals surface area (Å²) in [6, 6.07) is 10.7. The Hall–Kier alpha value is -3.90. The first-order valence-corrected chi connectivity index (χ1v) is 11.4. The van der Waals surface area contributed by atoms with Crippen molar-refractivity contribution in [2.45, 2.75) is 17.1 Å². The lowest BCUT2D eigenvalue weighted by Gasteiger charge is -2.17. The number of hydrogen-bond donors (Lipinski definition) is 1. The van der Waals surface area contributed by atoms with Gasteiger partial charge in [-0.1, -0.05) is 12.2 Å². The van der Waals surface area contributed by atoms with Gasteiger partial charge in [0.05, 0.1) is 45.8 Å². The predicted octanol–water partition coefficient (Wildman–Crippen LogP) is 1.35. The van der Waals surface area contributed by atoms with Crippen LogP contribution >= 0.6 is 0 Å². The maximum atomic E-state index is 12.8. The summed E-state index contributed by atoms with van der Waals surface area (Å²) in [5, 5.41) is 14.4. The highest BCUT2D eigenvalue weighted by Crippen LogP contribution is 2.46. The molecule has 0 aromatic heterocycles. The first kappa shape index (κ1) is 21.0. The molecule has 2 amide bonds. The number of carbonyl (C=O) groups excluding carboxylic acids is 2. The number of benzene rings is 2. The lowest BCUT2D eigenvalue weighted by atomic mass is 9.85. The quantitative estimate of drug-likeness (QED) is 0.221. The third-order valence-corrected chi connectivity index (χ3v) is 7.04. The lowest BCUT2D eigenvalue weighted by molar-refractivity contribution is -0.384. The van der Waals surface area contributed by atoms with Crippen LogP contribution in [-0.4, -0.2) is 43.6 Å². The van der Waals surface area contributed by atoms with E-state index >= 15 is 0 Å². The molecular weight excluding hydrogens is 452 g/mol. The summed E-state index contributed by atoms with van der Waals surface area (Å²) < 4.78 is 30.6. The van der Waals surface area contributed by atoms with Crippen molar-refractivity contribution in [1.29, 1.82) is 0 Å². The van der Waals surface area contributed by atoms with Crippen molar-refractivity contribution in [3.63, 3.8) is 0 Å². The zero-order chi connectivity index (χ0) is 23.3. The van der Waals surface area contributed by atoms with Crippen molar-refractivity contribution >= 4 is 39.4 Å². The molecule has 2 saturated heterocycles. The van der Waals surface area contributed by atoms with E-state index in [0.717, 1.165) is 4.90 Å². The number of hydrazone groups is 1. The van der Waals surface area contributed by atoms with E-state index in [1.807, 2.05) is 0 Å². The second kappa shape index (κ2) is 7.60. The number of hydrogen-bond acceptors (Lipinski definition) is 8. The Balaban J connectivity index is 1.28. The van der Waals surface area contributed by atoms with Crippen LogP contribution in [0.1, 0.15) is 5.56 Å². The molecule has 0 saturated carbocycles. The minimum Gasteiger partial charge on any atom is -0.365 e. The van der Waals surface area contributed by atoms with Crippen LogP contribution in [0.3, 0.4) is 0 Å². The Morgan fingerprint density at radius 2 is 1.55 bits per heavy atom. The van der Waals surface area contributed by atoms with Gasteiger partial charge in [-0.2, -0.15) is 13.5 Å². The van der Waals surface area contributed by atoms with Crippen LogP contribution in [0, 0.1) is 22.0 Å². The summed E-state index contributed by atoms with van der Waals surface area (Å²) in [6.07, 6.45) is 3.98. The van der Waals surface area contributed by atoms with Crippen LogP contribution < -0.4 is 9.73 Å². The van der Waals surface area contributed by atoms with Gasteiger partial charge in [-0.15, -0.1) is 0 Å². The largest absolute Gasteiger partial charge is 0.365 e. The topological polar surface area (TPSA) is 148 Å². The van der Waals surface area contributed by atoms with Gasteiger partial charge >= 0.3 is 0 Å². The predicted molar refractivity (Wildman–Crippen MR) is 115 cm³/mol. The third-order valence-electron chi connectivity index (χ3n) is 5.81. The highest BCUT2D eigenvalue weighted by molar-refractivity contribution is 7.89. The number of nitrogens with one attached hydrogen (secondary N) is 1. The van der Waals surface area contributed by atoms with Gasteiger partial charge in [0.15, 0.2) is 0 Å². The van der Waals surface area contributed by atoms with Crippen molar-refractivity contribution in [3.05, 3.63) is 76.4 Å². The first-order valence-electron chi connectivity index (χ1n) is 9.87. The lowest BCUT2D eigenvalue weighted by Crippen LogP contribution is -2.34. The summed E-state index contributed by atoms with van der Waals surface area (Å²) in [7, 11) is -4.02. The van der Waals surface area contributed by atoms with E-state index in [0.29, 0.717) is 5.56 Å². The number of imide groups is 1. The van der Waals surface area contributed by atoms with Crippen LogP contribution in [0.2, 0.25) is 0 Å². The zero-order valence-corrected chi connectivity index (χ0v) is 17.6. The Bertz CT molecular complexity index is 1290. The van der Waals surface area contributed by atoms with Crippen molar-refractivity contribution in [2.24, 2.45) is 16.9 Å². The molecule has 11 nitrogen and oxygen atoms in total. The van der Waals surface area contributed by atoms with Gasteiger partial charge in [0.2, 0.25) is 11.8 Å². The van der Waals surface area contributed by atoms with Gasteiger partial charge in [0.1, 0.15) is 0 Å². The van der Waals surface area contributed by atoms with E-state index in [4.69, 9.17) is 4.74 Å². The molecule has 3 aliphatic rings. The fraction of sp³-hybridized carbons (Fsp3) is 0.190. The number of fused-ring (bicyclic) bond motifs is 5. The van der Waals surface area contributed by atoms with Crippen LogP contribution in [0.4, 0.5) is 11.4 Å². The van der Waals surface area contributed by atoms with Crippen LogP contribution in [0.25, 0.3) is 0 Å². The average molecular weight is 468 g/mol. The SMILES string of the molecule is O=C1C2C(C(=O)N1c1ccc(S(=O)(=O)N/N=C/c3ccc([N+](=O)[O-])cc3)cc1)[C@H]1C=C[C@@H]2O1. The number of ether oxygens (including phenoxy) is 1. The summed E-state index contributed by atoms with van der Waals surface area (Å²) in [5.74, 6) is -1.82. The monoisotopic (exact) mass is 468 g/mol. The number of nitro benzene ring substituents is 1. The molecular formula is C21H16N4O7S. The molecule has 2 unspecified atom stereocenters. The number of nitro groups is 1. The first-order chi connectivity index (χ1) is 15.8. The van der Waals surface area contributed by atoms with E-state index < -0.39 is 39.0 Å². The average Bonchev–Trinajstić information content (AvgIpc) is 3.48. The summed E-state index contributed by atoms with van der Waals surface area (Å²) in [4.78, 5) is 38.8. The highest BCUT2D eigenvalue weighted by Gasteiger charge is 2.61. The number of amides is 2. The fourth-order valence-corrected chi connectivity index (χ4v) is 5.03. The highest BCUT2D eigenvalue weighted by atomic mass is 32.2. The van der Waals surface area contributed by atoms with Crippen molar-refractivity contribution in [3.8, 4) is 0 Å². The molecule has 168 valence electrons. The molecule has 2 fully saturated rings. The minimum atomic E-state index is -4.02. The number of sulfonamides is 1. The summed E-state index contributed by atoms with van der Waals surface area (Å²) in [5.41, 5.74) is 0.651. The Morgan fingerprint density at radius 1 is 0.970 bits per heavy atom. The maximum Gasteiger partial charge on any atom is 0.276 e. The Morgan fingerprint density at radius 3 is 2.09 bits per heavy atom. The fourth-order valence-electron chi connectivity index (χ4n) is 4.24. The smallest absolute Gasteiger partial charge is 0.276 e. The van der Waals surface area contributed by atoms with Crippen LogP contribution in [0.5, 0.6) is 0 Å². The number of anilines is 1. The summed E-state index contributed by atoms with van der Waals surface area (Å²) in [6.45, 7) is 0. The minimum absolute atomic E-state index is 0.0946. The van der Waals surface area contributed by atoms with Crippen molar-refractivity contribution < 1.29 is 27.7 Å². The van der Waals surface area contributed by atoms with E-state index in [2.05, 4.69) is 9.93 Å². The molecule has 2 aromatic carbocycles. The molecule has 2 aromatic rings. The van der Waals surface area contributed by atoms with E-state index in [1.54, 1.807) is 12.2 Å². The zero-order valence-electron chi connectivity index (χ0n) is 16.8. The van der Waals surface area contributed by atoms with Crippen LogP contribution in [-0.2, 0) is 24.3 Å². The molecule has 5 rings (SSSR count). The van der Waals surface area contributed by atoms with Crippen LogP contribution in [0.15, 0.2) is 70.7 Å². The second-order valence-electron chi connectivity index (χ2n) is 7.71. The van der Waals surface area contributed by atoms with Crippen molar-refractivity contribution in [2.75, 3.05) is 4.90 Å². The van der Waals surface area contributed by atoms with Gasteiger partial charge in [-0.05, 0) is 42.0 Å². The second-order valence-corrected chi connectivity index (χ2v) is 9.37. The number of nitrogens with zero attached hydrogens (tertiary/aromatic N) is 3. The molecule has 33 heavy (non-hydrogen) atoms. The standard InChI is InChI=1S/C21H16N4O7S/c26-20-18-16-9-10-17(32-16)19(18)21(27)24(20)13-5-7-15(8-6-13)33(30,31)23-22-11-12-1-3-14(4-2-12)25(28)29/h1-11,16-19,23H/b22-11+/t16-,17+,18?,19?. The van der Waals surface area contributed by atoms with Crippen molar-refractivity contribution in [1.82, 2.24) is 4.83 Å². The molecule has 2 bridgehead atoms. The van der Waals surface area contributed by atoms with E-state index in [1.165, 1.54) is 54.7 Å². The van der Waals surface area contributed by atoms with E-state index in [-0.39, 0.29) is 28.1 Å². The van der Waals surface area contributed by atoms with Gasteiger partial charge in [0.25, 0.3) is 15.7 Å². The molecule has 0 aliphatic carbocycles. The van der Waals surface area contributed by atoms with Gasteiger partial charge in [-0.3, -0.25) is 19.7 Å². The Kier molecular flexibility index (Phi) is 4.83. The molecule has 4 atom stereocenters. The molecule has 0 spiro atoms. The van der Waals surface area contributed by atoms with Gasteiger partial charge < -0.3 is 4.74 Å². The summed E-state index contributed by atoms with van der Waals surface area (Å²) >= 11 is 0. The molecule has 1 N–H and O–H groups in total. The number of rotatable bonds is 6. The molecule has 0 radical (unpaired) electrons. The molecule has 12 heteroatoms. The maximum absolute atomic E-state index is 12.8. The number of carbonyl (C=O) groups is 2. The number of non-ortho nitro benzene ring substituents is 1. The molecule has 3 heterocycles. The third kappa shape index (κ3) is 3.49. The van der Waals surface area contributed by atoms with E-state index in [9.17, 15) is 28.1 Å². The van der Waals surface area contributed by atoms with Gasteiger partial charge in [-0.25, -0.2) is 9.73 Å². The van der Waals surface area contributed by atoms with Gasteiger partial charge in [0, 0.05) is 12.1 Å². The normalized spacial score (nSPS) is 25.8. The molecule has 3 aliphatic heterocycles. The Labute approximate surface area is 187 Å².